The number of carbonyl (C=O) groups is 3. The first-order chi connectivity index (χ1) is 19.9. The number of carboxylic acids is 1. The zero-order chi connectivity index (χ0) is 28.4. The van der Waals surface area contributed by atoms with Gasteiger partial charge in [0.1, 0.15) is 12.1 Å². The molecule has 0 bridgehead atoms. The molecule has 0 aromatic heterocycles. The Morgan fingerprint density at radius 3 is 2.29 bits per heavy atom. The lowest BCUT2D eigenvalue weighted by Crippen LogP contribution is -2.62. The molecule has 9 heteroatoms. The number of nitrogens with one attached hydrogen (secondary N) is 2. The van der Waals surface area contributed by atoms with Gasteiger partial charge in [0.05, 0.1) is 6.04 Å². The van der Waals surface area contributed by atoms with Crippen molar-refractivity contribution < 1.29 is 29.0 Å². The van der Waals surface area contributed by atoms with Crippen LogP contribution in [0.15, 0.2) is 78.9 Å². The molecule has 0 spiro atoms. The molecule has 212 valence electrons. The zero-order valence-corrected chi connectivity index (χ0v) is 22.6. The van der Waals surface area contributed by atoms with E-state index in [1.54, 1.807) is 0 Å². The van der Waals surface area contributed by atoms with Gasteiger partial charge in [-0.05, 0) is 40.7 Å². The van der Waals surface area contributed by atoms with Gasteiger partial charge in [0.25, 0.3) is 0 Å². The summed E-state index contributed by atoms with van der Waals surface area (Å²) in [5.74, 6) is -1.66. The third-order valence-electron chi connectivity index (χ3n) is 8.37. The smallest absolute Gasteiger partial charge is 0.408 e. The molecule has 2 heterocycles. The molecule has 1 aliphatic carbocycles. The quantitative estimate of drug-likeness (QED) is 0.389. The van der Waals surface area contributed by atoms with Crippen molar-refractivity contribution in [3.8, 4) is 11.1 Å². The number of aliphatic carboxylic acids is 1. The molecular formula is C32H33N3O6. The van der Waals surface area contributed by atoms with Crippen molar-refractivity contribution in [1.29, 1.82) is 0 Å². The van der Waals surface area contributed by atoms with E-state index in [2.05, 4.69) is 39.8 Å². The van der Waals surface area contributed by atoms with Crippen LogP contribution < -0.4 is 10.6 Å². The van der Waals surface area contributed by atoms with Crippen LogP contribution >= 0.6 is 0 Å². The second kappa shape index (κ2) is 11.3. The van der Waals surface area contributed by atoms with Crippen LogP contribution in [0.5, 0.6) is 0 Å². The van der Waals surface area contributed by atoms with Gasteiger partial charge in [-0.3, -0.25) is 9.69 Å². The Morgan fingerprint density at radius 2 is 1.61 bits per heavy atom. The van der Waals surface area contributed by atoms with Gasteiger partial charge in [0.2, 0.25) is 5.91 Å². The minimum atomic E-state index is -1.27. The molecule has 2 saturated heterocycles. The molecule has 0 saturated carbocycles. The Balaban J connectivity index is 1.18. The van der Waals surface area contributed by atoms with E-state index in [4.69, 9.17) is 9.47 Å². The summed E-state index contributed by atoms with van der Waals surface area (Å²) < 4.78 is 11.1. The lowest BCUT2D eigenvalue weighted by Gasteiger charge is -2.31. The fraction of sp³-hybridized carbons (Fsp3) is 0.344. The lowest BCUT2D eigenvalue weighted by atomic mass is 9.96. The first-order valence-corrected chi connectivity index (χ1v) is 14.0. The molecule has 3 atom stereocenters. The standard InChI is InChI=1S/C32H33N3O6/c36-29(37)28-27(14-17-40-28)33-30(38)32(15-16-35(20-32)18-21-8-2-1-3-9-21)34-31(39)41-19-26-24-12-6-4-10-22(24)23-11-5-7-13-25(23)26/h1-13,26-28H,14-20H2,(H,33,38)(H,34,39)(H,36,37)/t27-,28+,32?/m1/s1. The molecule has 3 aliphatic rings. The summed E-state index contributed by atoms with van der Waals surface area (Å²) in [5.41, 5.74) is 4.29. The fourth-order valence-electron chi connectivity index (χ4n) is 6.33. The predicted molar refractivity (Wildman–Crippen MR) is 151 cm³/mol. The summed E-state index contributed by atoms with van der Waals surface area (Å²) in [6.45, 7) is 1.84. The maximum atomic E-state index is 13.8. The van der Waals surface area contributed by atoms with Crippen molar-refractivity contribution in [2.75, 3.05) is 26.3 Å². The van der Waals surface area contributed by atoms with Crippen LogP contribution in [0.2, 0.25) is 0 Å². The van der Waals surface area contributed by atoms with E-state index in [1.807, 2.05) is 54.6 Å². The summed E-state index contributed by atoms with van der Waals surface area (Å²) >= 11 is 0. The number of alkyl carbamates (subject to hydrolysis) is 1. The van der Waals surface area contributed by atoms with Gasteiger partial charge < -0.3 is 25.2 Å². The zero-order valence-electron chi connectivity index (χ0n) is 22.6. The normalized spacial score (nSPS) is 23.5. The molecule has 9 nitrogen and oxygen atoms in total. The Morgan fingerprint density at radius 1 is 0.951 bits per heavy atom. The average molecular weight is 556 g/mol. The molecule has 6 rings (SSSR count). The van der Waals surface area contributed by atoms with E-state index in [1.165, 1.54) is 0 Å². The minimum Gasteiger partial charge on any atom is -0.479 e. The number of nitrogens with zero attached hydrogens (tertiary/aromatic N) is 1. The number of likely N-dealkylation sites (tertiary alicyclic amines) is 1. The summed E-state index contributed by atoms with van der Waals surface area (Å²) in [6, 6.07) is 25.5. The average Bonchev–Trinajstić information content (AvgIpc) is 3.69. The van der Waals surface area contributed by atoms with Crippen LogP contribution in [0.4, 0.5) is 4.79 Å². The van der Waals surface area contributed by atoms with Gasteiger partial charge in [-0.2, -0.15) is 0 Å². The summed E-state index contributed by atoms with van der Waals surface area (Å²) in [5, 5.41) is 15.3. The Kier molecular flexibility index (Phi) is 7.47. The molecule has 1 unspecified atom stereocenters. The number of fused-ring (bicyclic) bond motifs is 3. The number of amides is 2. The molecule has 3 N–H and O–H groups in total. The lowest BCUT2D eigenvalue weighted by molar-refractivity contribution is -0.148. The molecular weight excluding hydrogens is 522 g/mol. The van der Waals surface area contributed by atoms with Gasteiger partial charge >= 0.3 is 12.1 Å². The van der Waals surface area contributed by atoms with Gasteiger partial charge in [0.15, 0.2) is 6.10 Å². The van der Waals surface area contributed by atoms with Crippen LogP contribution in [-0.4, -0.2) is 72.0 Å². The number of hydrogen-bond acceptors (Lipinski definition) is 6. The van der Waals surface area contributed by atoms with Crippen LogP contribution in [0.3, 0.4) is 0 Å². The van der Waals surface area contributed by atoms with Gasteiger partial charge in [-0.1, -0.05) is 78.9 Å². The minimum absolute atomic E-state index is 0.108. The van der Waals surface area contributed by atoms with E-state index < -0.39 is 35.7 Å². The molecule has 2 amide bonds. The van der Waals surface area contributed by atoms with Crippen molar-refractivity contribution >= 4 is 18.0 Å². The molecule has 2 aliphatic heterocycles. The van der Waals surface area contributed by atoms with Crippen molar-refractivity contribution in [1.82, 2.24) is 15.5 Å². The maximum absolute atomic E-state index is 13.8. The van der Waals surface area contributed by atoms with Crippen molar-refractivity contribution in [3.63, 3.8) is 0 Å². The van der Waals surface area contributed by atoms with E-state index in [9.17, 15) is 19.5 Å². The summed E-state index contributed by atoms with van der Waals surface area (Å²) in [4.78, 5) is 40.8. The Labute approximate surface area is 238 Å². The SMILES string of the molecule is O=C(NC1(C(=O)N[C@@H]2CCO[C@@H]2C(=O)O)CCN(Cc2ccccc2)C1)OCC1c2ccccc2-c2ccccc21. The number of benzene rings is 3. The second-order valence-corrected chi connectivity index (χ2v) is 11.0. The summed E-state index contributed by atoms with van der Waals surface area (Å²) in [6.07, 6.45) is -1.05. The van der Waals surface area contributed by atoms with Crippen LogP contribution in [0.1, 0.15) is 35.4 Å². The van der Waals surface area contributed by atoms with Gasteiger partial charge in [-0.15, -0.1) is 0 Å². The topological polar surface area (TPSA) is 117 Å². The largest absolute Gasteiger partial charge is 0.479 e. The highest BCUT2D eigenvalue weighted by Gasteiger charge is 2.48. The third kappa shape index (κ3) is 5.42. The Hall–Kier alpha value is -4.21. The molecule has 3 aromatic carbocycles. The van der Waals surface area contributed by atoms with Crippen LogP contribution in [-0.2, 0) is 25.6 Å². The number of carboxylic acid groups (broad SMARTS) is 1. The monoisotopic (exact) mass is 555 g/mol. The molecule has 0 radical (unpaired) electrons. The highest BCUT2D eigenvalue weighted by molar-refractivity contribution is 5.91. The highest BCUT2D eigenvalue weighted by atomic mass is 16.5. The van der Waals surface area contributed by atoms with E-state index in [-0.39, 0.29) is 25.7 Å². The fourth-order valence-corrected chi connectivity index (χ4v) is 6.33. The highest BCUT2D eigenvalue weighted by Crippen LogP contribution is 2.44. The summed E-state index contributed by atoms with van der Waals surface area (Å²) in [7, 11) is 0. The maximum Gasteiger partial charge on any atom is 0.408 e. The first-order valence-electron chi connectivity index (χ1n) is 14.0. The second-order valence-electron chi connectivity index (χ2n) is 11.0. The van der Waals surface area contributed by atoms with Crippen molar-refractivity contribution in [3.05, 3.63) is 95.6 Å². The Bertz CT molecular complexity index is 1400. The van der Waals surface area contributed by atoms with Crippen LogP contribution in [0.25, 0.3) is 11.1 Å². The first kappa shape index (κ1) is 27.0. The van der Waals surface area contributed by atoms with E-state index >= 15 is 0 Å². The molecule has 2 fully saturated rings. The number of carbonyl (C=O) groups excluding carboxylic acids is 2. The number of ether oxygens (including phenoxy) is 2. The van der Waals surface area contributed by atoms with Crippen molar-refractivity contribution in [2.24, 2.45) is 0 Å². The van der Waals surface area contributed by atoms with E-state index in [0.29, 0.717) is 25.9 Å². The molecule has 3 aromatic rings. The predicted octanol–water partition coefficient (Wildman–Crippen LogP) is 3.53. The third-order valence-corrected chi connectivity index (χ3v) is 8.37. The van der Waals surface area contributed by atoms with E-state index in [0.717, 1.165) is 27.8 Å². The molecule has 41 heavy (non-hydrogen) atoms. The number of hydrogen-bond donors (Lipinski definition) is 3. The number of rotatable bonds is 8. The van der Waals surface area contributed by atoms with Crippen molar-refractivity contribution in [2.45, 2.75) is 43.0 Å². The van der Waals surface area contributed by atoms with Crippen LogP contribution in [0, 0.1) is 0 Å². The van der Waals surface area contributed by atoms with Gasteiger partial charge in [-0.25, -0.2) is 9.59 Å². The van der Waals surface area contributed by atoms with Gasteiger partial charge in [0, 0.05) is 32.2 Å².